The van der Waals surface area contributed by atoms with Gasteiger partial charge in [0.05, 0.1) is 31.0 Å². The largest absolute Gasteiger partial charge is 0.493 e. The van der Waals surface area contributed by atoms with Gasteiger partial charge in [-0.25, -0.2) is 9.37 Å². The molecule has 0 atom stereocenters. The predicted molar refractivity (Wildman–Crippen MR) is 122 cm³/mol. The molecule has 32 heavy (non-hydrogen) atoms. The van der Waals surface area contributed by atoms with Gasteiger partial charge in [0.1, 0.15) is 5.82 Å². The van der Waals surface area contributed by atoms with Crippen LogP contribution in [0, 0.1) is 5.82 Å². The summed E-state index contributed by atoms with van der Waals surface area (Å²) in [6, 6.07) is 21.1. The van der Waals surface area contributed by atoms with Crippen molar-refractivity contribution in [2.24, 2.45) is 0 Å². The third-order valence-corrected chi connectivity index (χ3v) is 5.28. The van der Waals surface area contributed by atoms with E-state index in [2.05, 4.69) is 0 Å². The first-order valence-electron chi connectivity index (χ1n) is 10.1. The van der Waals surface area contributed by atoms with Gasteiger partial charge >= 0.3 is 0 Å². The Labute approximate surface area is 186 Å². The van der Waals surface area contributed by atoms with Gasteiger partial charge in [-0.1, -0.05) is 30.3 Å². The Balaban J connectivity index is 1.76. The topological polar surface area (TPSA) is 51.7 Å². The monoisotopic (exact) mass is 430 g/mol. The Morgan fingerprint density at radius 3 is 2.47 bits per heavy atom. The van der Waals surface area contributed by atoms with E-state index in [-0.39, 0.29) is 11.7 Å². The van der Waals surface area contributed by atoms with Crippen LogP contribution in [0.25, 0.3) is 22.2 Å². The lowest BCUT2D eigenvalue weighted by molar-refractivity contribution is 0.0787. The zero-order valence-electron chi connectivity index (χ0n) is 18.1. The molecule has 0 saturated heterocycles. The number of hydrogen-bond donors (Lipinski definition) is 0. The molecule has 0 saturated carbocycles. The predicted octanol–water partition coefficient (Wildman–Crippen LogP) is 5.33. The number of aromatic nitrogens is 1. The summed E-state index contributed by atoms with van der Waals surface area (Å²) in [7, 11) is 4.86. The molecular weight excluding hydrogens is 407 g/mol. The van der Waals surface area contributed by atoms with Crippen LogP contribution in [-0.2, 0) is 6.54 Å². The Morgan fingerprint density at radius 2 is 1.72 bits per heavy atom. The van der Waals surface area contributed by atoms with Crippen LogP contribution < -0.4 is 9.47 Å². The minimum atomic E-state index is -0.326. The van der Waals surface area contributed by atoms with Gasteiger partial charge in [0.2, 0.25) is 0 Å². The van der Waals surface area contributed by atoms with E-state index in [1.54, 1.807) is 44.4 Å². The first-order valence-corrected chi connectivity index (χ1v) is 10.1. The number of fused-ring (bicyclic) bond motifs is 1. The maximum absolute atomic E-state index is 13.6. The summed E-state index contributed by atoms with van der Waals surface area (Å²) in [5, 5.41) is 0.757. The van der Waals surface area contributed by atoms with Crippen molar-refractivity contribution in [3.8, 4) is 22.8 Å². The van der Waals surface area contributed by atoms with Gasteiger partial charge in [-0.3, -0.25) is 4.79 Å². The number of halogens is 1. The Hall–Kier alpha value is -3.93. The fourth-order valence-corrected chi connectivity index (χ4v) is 3.68. The van der Waals surface area contributed by atoms with Gasteiger partial charge in [-0.05, 0) is 48.0 Å². The van der Waals surface area contributed by atoms with Crippen LogP contribution in [0.4, 0.5) is 4.39 Å². The first kappa shape index (κ1) is 21.3. The summed E-state index contributed by atoms with van der Waals surface area (Å²) in [6.45, 7) is 0.291. The molecule has 0 spiro atoms. The lowest BCUT2D eigenvalue weighted by Gasteiger charge is -2.19. The molecule has 5 nitrogen and oxygen atoms in total. The average molecular weight is 430 g/mol. The second kappa shape index (κ2) is 9.06. The molecule has 6 heteroatoms. The van der Waals surface area contributed by atoms with Gasteiger partial charge in [0.15, 0.2) is 11.5 Å². The number of pyridine rings is 1. The van der Waals surface area contributed by atoms with Crippen molar-refractivity contribution < 1.29 is 18.7 Å². The first-order chi connectivity index (χ1) is 15.5. The fraction of sp³-hybridized carbons (Fsp3) is 0.154. The molecule has 1 heterocycles. The van der Waals surface area contributed by atoms with E-state index >= 15 is 0 Å². The van der Waals surface area contributed by atoms with Crippen molar-refractivity contribution in [3.63, 3.8) is 0 Å². The molecule has 1 aromatic heterocycles. The van der Waals surface area contributed by atoms with Gasteiger partial charge < -0.3 is 14.4 Å². The van der Waals surface area contributed by atoms with Crippen LogP contribution in [0.2, 0.25) is 0 Å². The van der Waals surface area contributed by atoms with Crippen LogP contribution >= 0.6 is 0 Å². The maximum atomic E-state index is 13.6. The highest BCUT2D eigenvalue weighted by Gasteiger charge is 2.18. The maximum Gasteiger partial charge on any atom is 0.254 e. The van der Waals surface area contributed by atoms with E-state index in [4.69, 9.17) is 14.5 Å². The molecule has 0 aliphatic heterocycles. The molecule has 0 N–H and O–H groups in total. The summed E-state index contributed by atoms with van der Waals surface area (Å²) in [5.41, 5.74) is 3.41. The number of benzene rings is 3. The molecule has 0 unspecified atom stereocenters. The third-order valence-electron chi connectivity index (χ3n) is 5.28. The highest BCUT2D eigenvalue weighted by molar-refractivity contribution is 6.07. The van der Waals surface area contributed by atoms with Gasteiger partial charge in [0.25, 0.3) is 5.91 Å². The van der Waals surface area contributed by atoms with Crippen molar-refractivity contribution in [1.82, 2.24) is 9.88 Å². The van der Waals surface area contributed by atoms with Crippen LogP contribution in [-0.4, -0.2) is 37.1 Å². The van der Waals surface area contributed by atoms with Crippen molar-refractivity contribution in [2.45, 2.75) is 6.54 Å². The van der Waals surface area contributed by atoms with Gasteiger partial charge in [-0.2, -0.15) is 0 Å². The number of carbonyl (C=O) groups excluding carboxylic acids is 1. The molecular formula is C26H23FN2O3. The summed E-state index contributed by atoms with van der Waals surface area (Å²) in [6.07, 6.45) is 0. The van der Waals surface area contributed by atoms with Crippen LogP contribution in [0.3, 0.4) is 0 Å². The fourth-order valence-electron chi connectivity index (χ4n) is 3.68. The SMILES string of the molecule is COc1ccc(-c2cc(C(=O)N(C)Cc3cccc(F)c3)c3ccccc3n2)cc1OC. The van der Waals surface area contributed by atoms with Crippen molar-refractivity contribution >= 4 is 16.8 Å². The van der Waals surface area contributed by atoms with Crippen molar-refractivity contribution in [1.29, 1.82) is 0 Å². The molecule has 0 radical (unpaired) electrons. The van der Waals surface area contributed by atoms with Crippen LogP contribution in [0.15, 0.2) is 72.8 Å². The molecule has 1 amide bonds. The zero-order chi connectivity index (χ0) is 22.7. The average Bonchev–Trinajstić information content (AvgIpc) is 2.82. The minimum Gasteiger partial charge on any atom is -0.493 e. The summed E-state index contributed by atoms with van der Waals surface area (Å²) >= 11 is 0. The molecule has 3 aromatic carbocycles. The number of amides is 1. The van der Waals surface area contributed by atoms with E-state index < -0.39 is 0 Å². The Morgan fingerprint density at radius 1 is 0.938 bits per heavy atom. The number of ether oxygens (including phenoxy) is 2. The van der Waals surface area contributed by atoms with Crippen LogP contribution in [0.1, 0.15) is 15.9 Å². The van der Waals surface area contributed by atoms with E-state index in [1.807, 2.05) is 42.5 Å². The Kier molecular flexibility index (Phi) is 6.03. The summed E-state index contributed by atoms with van der Waals surface area (Å²) in [5.74, 6) is 0.697. The van der Waals surface area contributed by atoms with Gasteiger partial charge in [0, 0.05) is 24.5 Å². The lowest BCUT2D eigenvalue weighted by Crippen LogP contribution is -2.26. The second-order valence-corrected chi connectivity index (χ2v) is 7.43. The number of nitrogens with zero attached hydrogens (tertiary/aromatic N) is 2. The number of carbonyl (C=O) groups is 1. The van der Waals surface area contributed by atoms with Crippen LogP contribution in [0.5, 0.6) is 11.5 Å². The van der Waals surface area contributed by atoms with E-state index in [9.17, 15) is 9.18 Å². The quantitative estimate of drug-likeness (QED) is 0.415. The highest BCUT2D eigenvalue weighted by atomic mass is 19.1. The molecule has 0 bridgehead atoms. The molecule has 162 valence electrons. The highest BCUT2D eigenvalue weighted by Crippen LogP contribution is 2.33. The molecule has 0 fully saturated rings. The van der Waals surface area contributed by atoms with E-state index in [0.29, 0.717) is 34.8 Å². The zero-order valence-corrected chi connectivity index (χ0v) is 18.1. The molecule has 0 aliphatic rings. The van der Waals surface area contributed by atoms with Gasteiger partial charge in [-0.15, -0.1) is 0 Å². The number of rotatable bonds is 6. The molecule has 0 aliphatic carbocycles. The lowest BCUT2D eigenvalue weighted by atomic mass is 10.0. The number of hydrogen-bond acceptors (Lipinski definition) is 4. The van der Waals surface area contributed by atoms with E-state index in [1.165, 1.54) is 12.1 Å². The minimum absolute atomic E-state index is 0.172. The summed E-state index contributed by atoms with van der Waals surface area (Å²) < 4.78 is 24.3. The number of para-hydroxylation sites is 1. The third kappa shape index (κ3) is 4.25. The second-order valence-electron chi connectivity index (χ2n) is 7.43. The molecule has 4 aromatic rings. The van der Waals surface area contributed by atoms with Crippen molar-refractivity contribution in [2.75, 3.05) is 21.3 Å². The van der Waals surface area contributed by atoms with E-state index in [0.717, 1.165) is 16.5 Å². The number of methoxy groups -OCH3 is 2. The molecule has 4 rings (SSSR count). The smallest absolute Gasteiger partial charge is 0.254 e. The standard InChI is InChI=1S/C26H23FN2O3/c1-29(16-17-7-6-8-19(27)13-17)26(30)21-15-23(28-22-10-5-4-9-20(21)22)18-11-12-24(31-2)25(14-18)32-3/h4-15H,16H2,1-3H3. The van der Waals surface area contributed by atoms with Crippen molar-refractivity contribution in [3.05, 3.63) is 89.7 Å². The normalized spacial score (nSPS) is 10.8. The summed E-state index contributed by atoms with van der Waals surface area (Å²) in [4.78, 5) is 19.8. The Bertz CT molecular complexity index is 1290.